The van der Waals surface area contributed by atoms with Crippen molar-refractivity contribution in [3.63, 3.8) is 0 Å². The van der Waals surface area contributed by atoms with Crippen molar-refractivity contribution in [2.75, 3.05) is 17.1 Å². The Bertz CT molecular complexity index is 770. The minimum absolute atomic E-state index is 0.00414. The second-order valence-electron chi connectivity index (χ2n) is 4.44. The second-order valence-corrected chi connectivity index (χ2v) is 6.09. The Morgan fingerprint density at radius 3 is 2.36 bits per heavy atom. The maximum atomic E-state index is 12.3. The number of nitrogens with one attached hydrogen (secondary N) is 1. The van der Waals surface area contributed by atoms with Gasteiger partial charge < -0.3 is 10.5 Å². The molecule has 0 fully saturated rings. The highest BCUT2D eigenvalue weighted by Gasteiger charge is 2.17. The summed E-state index contributed by atoms with van der Waals surface area (Å²) in [4.78, 5) is 11.5. The highest BCUT2D eigenvalue weighted by molar-refractivity contribution is 7.92. The van der Waals surface area contributed by atoms with Gasteiger partial charge in [-0.05, 0) is 43.3 Å². The smallest absolute Gasteiger partial charge is 0.338 e. The molecule has 0 aliphatic carbocycles. The van der Waals surface area contributed by atoms with Gasteiger partial charge in [-0.3, -0.25) is 4.72 Å². The highest BCUT2D eigenvalue weighted by atomic mass is 32.2. The number of nitrogens with two attached hydrogens (primary N) is 1. The molecule has 0 aliphatic rings. The van der Waals surface area contributed by atoms with Crippen LogP contribution in [-0.4, -0.2) is 21.0 Å². The molecule has 0 bridgehead atoms. The summed E-state index contributed by atoms with van der Waals surface area (Å²) < 4.78 is 31.8. The quantitative estimate of drug-likeness (QED) is 0.650. The molecule has 0 heterocycles. The summed E-state index contributed by atoms with van der Waals surface area (Å²) in [5.74, 6) is -0.454. The van der Waals surface area contributed by atoms with Crippen molar-refractivity contribution in [2.24, 2.45) is 0 Å². The number of rotatable bonds is 5. The van der Waals surface area contributed by atoms with E-state index >= 15 is 0 Å². The number of carbonyl (C=O) groups is 1. The lowest BCUT2D eigenvalue weighted by Gasteiger charge is -2.10. The van der Waals surface area contributed by atoms with Crippen LogP contribution in [0.2, 0.25) is 0 Å². The van der Waals surface area contributed by atoms with Gasteiger partial charge in [0.05, 0.1) is 17.9 Å². The van der Waals surface area contributed by atoms with Crippen LogP contribution in [0.5, 0.6) is 0 Å². The number of hydrogen-bond donors (Lipinski definition) is 2. The number of para-hydroxylation sites is 1. The first-order chi connectivity index (χ1) is 10.4. The van der Waals surface area contributed by atoms with Gasteiger partial charge in [0.15, 0.2) is 0 Å². The molecule has 2 aromatic carbocycles. The van der Waals surface area contributed by atoms with E-state index in [4.69, 9.17) is 10.5 Å². The molecule has 0 saturated carbocycles. The van der Waals surface area contributed by atoms with Crippen LogP contribution in [0.15, 0.2) is 53.4 Å². The Labute approximate surface area is 129 Å². The van der Waals surface area contributed by atoms with Crippen LogP contribution in [0.25, 0.3) is 0 Å². The maximum absolute atomic E-state index is 12.3. The lowest BCUT2D eigenvalue weighted by Crippen LogP contribution is -2.14. The summed E-state index contributed by atoms with van der Waals surface area (Å²) in [5, 5.41) is 0. The zero-order valence-electron chi connectivity index (χ0n) is 11.9. The molecule has 0 atom stereocenters. The lowest BCUT2D eigenvalue weighted by molar-refractivity contribution is 0.0526. The van der Waals surface area contributed by atoms with Crippen LogP contribution in [0, 0.1) is 0 Å². The summed E-state index contributed by atoms with van der Waals surface area (Å²) in [7, 11) is -3.78. The van der Waals surface area contributed by atoms with Gasteiger partial charge in [0.1, 0.15) is 4.90 Å². The molecule has 3 N–H and O–H groups in total. The van der Waals surface area contributed by atoms with E-state index in [9.17, 15) is 13.2 Å². The Morgan fingerprint density at radius 2 is 1.77 bits per heavy atom. The molecule has 22 heavy (non-hydrogen) atoms. The first-order valence-electron chi connectivity index (χ1n) is 6.58. The number of sulfonamides is 1. The summed E-state index contributed by atoms with van der Waals surface area (Å²) in [5.41, 5.74) is 6.52. The third-order valence-corrected chi connectivity index (χ3v) is 4.31. The van der Waals surface area contributed by atoms with E-state index in [2.05, 4.69) is 4.72 Å². The Morgan fingerprint density at radius 1 is 1.14 bits per heavy atom. The number of hydrogen-bond acceptors (Lipinski definition) is 5. The van der Waals surface area contributed by atoms with Crippen molar-refractivity contribution in [1.82, 2.24) is 0 Å². The van der Waals surface area contributed by atoms with E-state index in [0.29, 0.717) is 11.3 Å². The molecule has 0 aliphatic heterocycles. The Balaban J connectivity index is 2.20. The fourth-order valence-corrected chi connectivity index (χ4v) is 3.02. The Kier molecular flexibility index (Phi) is 4.67. The molecule has 0 unspecified atom stereocenters. The summed E-state index contributed by atoms with van der Waals surface area (Å²) in [6.07, 6.45) is 0. The summed E-state index contributed by atoms with van der Waals surface area (Å²) in [6.45, 7) is 1.99. The van der Waals surface area contributed by atoms with Crippen molar-refractivity contribution in [2.45, 2.75) is 11.8 Å². The third-order valence-electron chi connectivity index (χ3n) is 2.86. The highest BCUT2D eigenvalue weighted by Crippen LogP contribution is 2.21. The van der Waals surface area contributed by atoms with Crippen LogP contribution in [0.3, 0.4) is 0 Å². The monoisotopic (exact) mass is 320 g/mol. The molecule has 0 spiro atoms. The second kappa shape index (κ2) is 6.48. The van der Waals surface area contributed by atoms with Crippen LogP contribution in [-0.2, 0) is 14.8 Å². The van der Waals surface area contributed by atoms with E-state index < -0.39 is 16.0 Å². The van der Waals surface area contributed by atoms with Gasteiger partial charge in [-0.1, -0.05) is 12.1 Å². The van der Waals surface area contributed by atoms with Crippen molar-refractivity contribution >= 4 is 27.4 Å². The molecule has 0 saturated heterocycles. The summed E-state index contributed by atoms with van der Waals surface area (Å²) >= 11 is 0. The molecule has 0 radical (unpaired) electrons. The van der Waals surface area contributed by atoms with Crippen LogP contribution < -0.4 is 10.5 Å². The van der Waals surface area contributed by atoms with Gasteiger partial charge in [-0.15, -0.1) is 0 Å². The Hall–Kier alpha value is -2.54. The number of nitrogen functional groups attached to an aromatic ring is 1. The van der Waals surface area contributed by atoms with Crippen molar-refractivity contribution in [3.8, 4) is 0 Å². The molecule has 7 heteroatoms. The zero-order chi connectivity index (χ0) is 16.2. The standard InChI is InChI=1S/C15H16N2O4S/c1-2-21-15(18)11-7-9-12(10-8-11)17-22(19,20)14-6-4-3-5-13(14)16/h3-10,17H,2,16H2,1H3. The van der Waals surface area contributed by atoms with Crippen molar-refractivity contribution in [1.29, 1.82) is 0 Å². The predicted octanol–water partition coefficient (Wildman–Crippen LogP) is 2.25. The fourth-order valence-electron chi connectivity index (χ4n) is 1.82. The molecular formula is C15H16N2O4S. The molecule has 2 aromatic rings. The first-order valence-corrected chi connectivity index (χ1v) is 8.07. The molecule has 116 valence electrons. The largest absolute Gasteiger partial charge is 0.462 e. The van der Waals surface area contributed by atoms with E-state index in [-0.39, 0.29) is 17.2 Å². The molecular weight excluding hydrogens is 304 g/mol. The molecule has 6 nitrogen and oxygen atoms in total. The van der Waals surface area contributed by atoms with Gasteiger partial charge in [0, 0.05) is 5.69 Å². The number of benzene rings is 2. The number of anilines is 2. The van der Waals surface area contributed by atoms with E-state index in [1.165, 1.54) is 36.4 Å². The lowest BCUT2D eigenvalue weighted by atomic mass is 10.2. The van der Waals surface area contributed by atoms with Crippen molar-refractivity contribution in [3.05, 3.63) is 54.1 Å². The minimum Gasteiger partial charge on any atom is -0.462 e. The fraction of sp³-hybridized carbons (Fsp3) is 0.133. The third kappa shape index (κ3) is 3.56. The van der Waals surface area contributed by atoms with Gasteiger partial charge in [0.2, 0.25) is 0 Å². The minimum atomic E-state index is -3.78. The zero-order valence-corrected chi connectivity index (χ0v) is 12.8. The molecule has 2 rings (SSSR count). The van der Waals surface area contributed by atoms with Gasteiger partial charge in [-0.2, -0.15) is 0 Å². The van der Waals surface area contributed by atoms with E-state index in [0.717, 1.165) is 0 Å². The number of esters is 1. The molecule has 0 aromatic heterocycles. The van der Waals surface area contributed by atoms with Crippen LogP contribution >= 0.6 is 0 Å². The van der Waals surface area contributed by atoms with E-state index in [1.807, 2.05) is 0 Å². The topological polar surface area (TPSA) is 98.5 Å². The number of ether oxygens (including phenoxy) is 1. The van der Waals surface area contributed by atoms with E-state index in [1.54, 1.807) is 19.1 Å². The van der Waals surface area contributed by atoms with Gasteiger partial charge >= 0.3 is 5.97 Å². The van der Waals surface area contributed by atoms with Gasteiger partial charge in [0.25, 0.3) is 10.0 Å². The maximum Gasteiger partial charge on any atom is 0.338 e. The molecule has 0 amide bonds. The first kappa shape index (κ1) is 15.8. The van der Waals surface area contributed by atoms with Crippen molar-refractivity contribution < 1.29 is 17.9 Å². The number of carbonyl (C=O) groups excluding carboxylic acids is 1. The van der Waals surface area contributed by atoms with Gasteiger partial charge in [-0.25, -0.2) is 13.2 Å². The predicted molar refractivity (Wildman–Crippen MR) is 84.1 cm³/mol. The average Bonchev–Trinajstić information content (AvgIpc) is 2.48. The SMILES string of the molecule is CCOC(=O)c1ccc(NS(=O)(=O)c2ccccc2N)cc1. The summed E-state index contributed by atoms with van der Waals surface area (Å²) in [6, 6.07) is 12.1. The van der Waals surface area contributed by atoms with Crippen LogP contribution in [0.4, 0.5) is 11.4 Å². The average molecular weight is 320 g/mol. The normalized spacial score (nSPS) is 11.0. The van der Waals surface area contributed by atoms with Crippen LogP contribution in [0.1, 0.15) is 17.3 Å².